The molecule has 0 radical (unpaired) electrons. The number of para-hydroxylation sites is 1. The van der Waals surface area contributed by atoms with E-state index in [9.17, 15) is 4.79 Å². The zero-order chi connectivity index (χ0) is 11.7. The van der Waals surface area contributed by atoms with Gasteiger partial charge in [0.1, 0.15) is 0 Å². The zero-order valence-electron chi connectivity index (χ0n) is 9.46. The number of benzene rings is 1. The van der Waals surface area contributed by atoms with E-state index < -0.39 is 6.09 Å². The van der Waals surface area contributed by atoms with Crippen LogP contribution >= 0.6 is 12.4 Å². The second-order valence-corrected chi connectivity index (χ2v) is 4.01. The topological polar surface area (TPSA) is 68.2 Å². The smallest absolute Gasteiger partial charge is 0.416 e. The molecule has 0 amide bonds. The van der Waals surface area contributed by atoms with Gasteiger partial charge in [-0.25, -0.2) is 4.79 Å². The number of fused-ring (bicyclic) bond motifs is 1. The molecule has 0 aliphatic rings. The molecule has 1 aromatic heterocycles. The molecule has 0 aliphatic carbocycles. The van der Waals surface area contributed by atoms with Gasteiger partial charge in [-0.1, -0.05) is 18.2 Å². The predicted molar refractivity (Wildman–Crippen MR) is 70.0 cm³/mol. The predicted octanol–water partition coefficient (Wildman–Crippen LogP) is 2.48. The third-order valence-corrected chi connectivity index (χ3v) is 2.54. The highest BCUT2D eigenvalue weighted by molar-refractivity contribution is 5.91. The van der Waals surface area contributed by atoms with E-state index in [1.54, 1.807) is 12.3 Å². The van der Waals surface area contributed by atoms with Crippen molar-refractivity contribution >= 4 is 29.4 Å². The Balaban J connectivity index is 0.00000144. The average Bonchev–Trinajstić information content (AvgIpc) is 2.57. The van der Waals surface area contributed by atoms with Gasteiger partial charge in [-0.05, 0) is 25.0 Å². The quantitative estimate of drug-likeness (QED) is 0.865. The summed E-state index contributed by atoms with van der Waals surface area (Å²) in [5.41, 5.74) is 7.44. The normalized spacial score (nSPS) is 12.1. The van der Waals surface area contributed by atoms with Crippen LogP contribution in [0.1, 0.15) is 12.5 Å². The molecule has 4 nitrogen and oxygen atoms in total. The summed E-state index contributed by atoms with van der Waals surface area (Å²) in [5, 5.41) is 10.0. The van der Waals surface area contributed by atoms with Gasteiger partial charge < -0.3 is 10.8 Å². The molecule has 3 N–H and O–H groups in total. The van der Waals surface area contributed by atoms with Crippen molar-refractivity contribution in [1.29, 1.82) is 0 Å². The van der Waals surface area contributed by atoms with Crippen molar-refractivity contribution in [2.75, 3.05) is 0 Å². The lowest BCUT2D eigenvalue weighted by Crippen LogP contribution is -2.17. The first-order valence-electron chi connectivity index (χ1n) is 5.17. The maximum absolute atomic E-state index is 11.0. The second kappa shape index (κ2) is 5.21. The first kappa shape index (κ1) is 13.5. The second-order valence-electron chi connectivity index (χ2n) is 4.01. The van der Waals surface area contributed by atoms with Gasteiger partial charge in [-0.2, -0.15) is 0 Å². The first-order chi connectivity index (χ1) is 7.59. The molecule has 0 unspecified atom stereocenters. The molecule has 17 heavy (non-hydrogen) atoms. The van der Waals surface area contributed by atoms with Crippen LogP contribution in [0.5, 0.6) is 0 Å². The third-order valence-electron chi connectivity index (χ3n) is 2.54. The summed E-state index contributed by atoms with van der Waals surface area (Å²) in [6, 6.07) is 7.48. The van der Waals surface area contributed by atoms with E-state index in [1.807, 2.05) is 25.1 Å². The van der Waals surface area contributed by atoms with E-state index in [4.69, 9.17) is 10.8 Å². The van der Waals surface area contributed by atoms with E-state index in [-0.39, 0.29) is 18.4 Å². The lowest BCUT2D eigenvalue weighted by molar-refractivity contribution is 0.197. The molecule has 0 spiro atoms. The molecule has 0 fully saturated rings. The minimum Gasteiger partial charge on any atom is -0.464 e. The summed E-state index contributed by atoms with van der Waals surface area (Å²) >= 11 is 0. The highest BCUT2D eigenvalue weighted by Gasteiger charge is 2.12. The fraction of sp³-hybridized carbons (Fsp3) is 0.250. The van der Waals surface area contributed by atoms with Gasteiger partial charge >= 0.3 is 6.09 Å². The molecule has 0 bridgehead atoms. The SMILES string of the molecule is C[C@@H](N)Cc1cn(C(=O)O)c2ccccc12.Cl. The molecule has 1 heterocycles. The molecule has 5 heteroatoms. The van der Waals surface area contributed by atoms with E-state index in [2.05, 4.69) is 0 Å². The monoisotopic (exact) mass is 254 g/mol. The van der Waals surface area contributed by atoms with Gasteiger partial charge in [-0.3, -0.25) is 4.57 Å². The van der Waals surface area contributed by atoms with E-state index in [0.29, 0.717) is 11.9 Å². The number of nitrogens with zero attached hydrogens (tertiary/aromatic N) is 1. The van der Waals surface area contributed by atoms with Crippen LogP contribution in [0.4, 0.5) is 4.79 Å². The number of halogens is 1. The number of hydrogen-bond acceptors (Lipinski definition) is 2. The summed E-state index contributed by atoms with van der Waals surface area (Å²) in [7, 11) is 0. The Morgan fingerprint density at radius 2 is 2.12 bits per heavy atom. The van der Waals surface area contributed by atoms with Crippen molar-refractivity contribution in [3.8, 4) is 0 Å². The van der Waals surface area contributed by atoms with E-state index in [1.165, 1.54) is 4.57 Å². The van der Waals surface area contributed by atoms with Gasteiger partial charge in [0.05, 0.1) is 5.52 Å². The number of carboxylic acid groups (broad SMARTS) is 1. The van der Waals surface area contributed by atoms with Crippen LogP contribution in [0, 0.1) is 0 Å². The summed E-state index contributed by atoms with van der Waals surface area (Å²) in [6.45, 7) is 1.91. The molecular formula is C12H15ClN2O2. The Labute approximate surface area is 105 Å². The maximum atomic E-state index is 11.0. The summed E-state index contributed by atoms with van der Waals surface area (Å²) in [4.78, 5) is 11.0. The van der Waals surface area contributed by atoms with Crippen molar-refractivity contribution in [1.82, 2.24) is 4.57 Å². The van der Waals surface area contributed by atoms with Crippen LogP contribution in [-0.2, 0) is 6.42 Å². The zero-order valence-corrected chi connectivity index (χ0v) is 10.3. The Bertz CT molecular complexity index is 534. The Kier molecular flexibility index (Phi) is 4.15. The van der Waals surface area contributed by atoms with Crippen molar-refractivity contribution in [2.24, 2.45) is 5.73 Å². The van der Waals surface area contributed by atoms with Crippen LogP contribution < -0.4 is 5.73 Å². The van der Waals surface area contributed by atoms with Crippen LogP contribution in [0.3, 0.4) is 0 Å². The first-order valence-corrected chi connectivity index (χ1v) is 5.17. The highest BCUT2D eigenvalue weighted by atomic mass is 35.5. The standard InChI is InChI=1S/C12H14N2O2.ClH/c1-8(13)6-9-7-14(12(15)16)11-5-3-2-4-10(9)11;/h2-5,7-8H,6,13H2,1H3,(H,15,16);1H/t8-;/m1./s1. The number of nitrogens with two attached hydrogens (primary N) is 1. The van der Waals surface area contributed by atoms with Crippen LogP contribution in [0.25, 0.3) is 10.9 Å². The van der Waals surface area contributed by atoms with Gasteiger partial charge in [-0.15, -0.1) is 12.4 Å². The fourth-order valence-corrected chi connectivity index (χ4v) is 1.92. The number of carbonyl (C=O) groups is 1. The van der Waals surface area contributed by atoms with Gasteiger partial charge in [0.15, 0.2) is 0 Å². The molecule has 2 rings (SSSR count). The number of rotatable bonds is 2. The number of aromatic nitrogens is 1. The van der Waals surface area contributed by atoms with Crippen molar-refractivity contribution in [3.63, 3.8) is 0 Å². The molecule has 1 atom stereocenters. The summed E-state index contributed by atoms with van der Waals surface area (Å²) < 4.78 is 1.24. The Hall–Kier alpha value is -1.52. The summed E-state index contributed by atoms with van der Waals surface area (Å²) in [6.07, 6.45) is 1.36. The van der Waals surface area contributed by atoms with Crippen molar-refractivity contribution < 1.29 is 9.90 Å². The van der Waals surface area contributed by atoms with Crippen LogP contribution in [-0.4, -0.2) is 21.8 Å². The van der Waals surface area contributed by atoms with Gasteiger partial charge in [0, 0.05) is 17.6 Å². The van der Waals surface area contributed by atoms with Crippen molar-refractivity contribution in [3.05, 3.63) is 36.0 Å². The average molecular weight is 255 g/mol. The minimum absolute atomic E-state index is 0. The molecule has 1 aromatic carbocycles. The number of hydrogen-bond donors (Lipinski definition) is 2. The van der Waals surface area contributed by atoms with Gasteiger partial charge in [0.25, 0.3) is 0 Å². The van der Waals surface area contributed by atoms with Crippen molar-refractivity contribution in [2.45, 2.75) is 19.4 Å². The van der Waals surface area contributed by atoms with E-state index >= 15 is 0 Å². The molecule has 2 aromatic rings. The Morgan fingerprint density at radius 1 is 1.47 bits per heavy atom. The molecular weight excluding hydrogens is 240 g/mol. The lowest BCUT2D eigenvalue weighted by Gasteiger charge is -2.02. The molecule has 0 saturated carbocycles. The van der Waals surface area contributed by atoms with Gasteiger partial charge in [0.2, 0.25) is 0 Å². The minimum atomic E-state index is -0.966. The maximum Gasteiger partial charge on any atom is 0.416 e. The highest BCUT2D eigenvalue weighted by Crippen LogP contribution is 2.22. The molecule has 0 aliphatic heterocycles. The summed E-state index contributed by atoms with van der Waals surface area (Å²) in [5.74, 6) is 0. The Morgan fingerprint density at radius 3 is 2.71 bits per heavy atom. The largest absolute Gasteiger partial charge is 0.464 e. The molecule has 0 saturated heterocycles. The van der Waals surface area contributed by atoms with E-state index in [0.717, 1.165) is 10.9 Å². The molecule has 92 valence electrons. The van der Waals surface area contributed by atoms with Crippen LogP contribution in [0.2, 0.25) is 0 Å². The fourth-order valence-electron chi connectivity index (χ4n) is 1.92. The van der Waals surface area contributed by atoms with Crippen LogP contribution in [0.15, 0.2) is 30.5 Å². The third kappa shape index (κ3) is 2.60. The lowest BCUT2D eigenvalue weighted by atomic mass is 10.1.